The summed E-state index contributed by atoms with van der Waals surface area (Å²) in [6, 6.07) is 11.8. The number of furan rings is 1. The van der Waals surface area contributed by atoms with Crippen LogP contribution in [0.2, 0.25) is 0 Å². The van der Waals surface area contributed by atoms with Crippen molar-refractivity contribution in [2.75, 3.05) is 6.61 Å². The van der Waals surface area contributed by atoms with Gasteiger partial charge in [0.05, 0.1) is 10.0 Å². The lowest BCUT2D eigenvalue weighted by molar-refractivity contribution is -0.139. The highest BCUT2D eigenvalue weighted by molar-refractivity contribution is 9.11. The molecule has 0 saturated carbocycles. The summed E-state index contributed by atoms with van der Waals surface area (Å²) in [7, 11) is 0. The number of carbonyl (C=O) groups excluding carboxylic acids is 1. The maximum Gasteiger partial charge on any atom is 0.341 e. The fourth-order valence-electron chi connectivity index (χ4n) is 2.24. The van der Waals surface area contributed by atoms with E-state index < -0.39 is 12.6 Å². The first-order valence-corrected chi connectivity index (χ1v) is 8.41. The van der Waals surface area contributed by atoms with E-state index >= 15 is 0 Å². The molecule has 5 nitrogen and oxygen atoms in total. The van der Waals surface area contributed by atoms with Crippen LogP contribution in [0.5, 0.6) is 5.75 Å². The Kier molecular flexibility index (Phi) is 4.73. The van der Waals surface area contributed by atoms with Crippen molar-refractivity contribution in [3.63, 3.8) is 0 Å². The predicted octanol–water partition coefficient (Wildman–Crippen LogP) is 4.65. The molecular weight excluding hydrogens is 444 g/mol. The van der Waals surface area contributed by atoms with Crippen LogP contribution in [-0.4, -0.2) is 23.5 Å². The Bertz CT molecular complexity index is 945. The van der Waals surface area contributed by atoms with Gasteiger partial charge in [0.1, 0.15) is 11.3 Å². The van der Waals surface area contributed by atoms with Gasteiger partial charge in [-0.1, -0.05) is 28.1 Å². The van der Waals surface area contributed by atoms with E-state index in [2.05, 4.69) is 31.9 Å². The van der Waals surface area contributed by atoms with E-state index in [1.807, 2.05) is 12.1 Å². The number of ketones is 1. The Balaban J connectivity index is 2.00. The molecule has 3 rings (SSSR count). The van der Waals surface area contributed by atoms with Crippen LogP contribution in [0.15, 0.2) is 55.8 Å². The smallest absolute Gasteiger partial charge is 0.341 e. The number of hydrogen-bond acceptors (Lipinski definition) is 4. The molecule has 0 atom stereocenters. The van der Waals surface area contributed by atoms with Gasteiger partial charge in [-0.25, -0.2) is 4.79 Å². The zero-order chi connectivity index (χ0) is 17.3. The van der Waals surface area contributed by atoms with Gasteiger partial charge < -0.3 is 14.3 Å². The Morgan fingerprint density at radius 1 is 1.12 bits per heavy atom. The fourth-order valence-corrected chi connectivity index (χ4v) is 3.58. The van der Waals surface area contributed by atoms with Crippen LogP contribution < -0.4 is 4.74 Å². The average molecular weight is 454 g/mol. The molecular formula is C17H10Br2O5. The average Bonchev–Trinajstić information content (AvgIpc) is 2.96. The molecule has 0 aliphatic rings. The minimum atomic E-state index is -1.12. The first-order valence-electron chi connectivity index (χ1n) is 6.82. The van der Waals surface area contributed by atoms with Crippen molar-refractivity contribution in [2.45, 2.75) is 0 Å². The van der Waals surface area contributed by atoms with Crippen LogP contribution in [0.3, 0.4) is 0 Å². The first-order chi connectivity index (χ1) is 11.5. The molecule has 1 heterocycles. The highest BCUT2D eigenvalue weighted by Crippen LogP contribution is 2.32. The van der Waals surface area contributed by atoms with Crippen molar-refractivity contribution in [3.05, 3.63) is 62.7 Å². The van der Waals surface area contributed by atoms with Crippen LogP contribution in [0.1, 0.15) is 16.1 Å². The summed E-state index contributed by atoms with van der Waals surface area (Å²) in [4.78, 5) is 23.4. The van der Waals surface area contributed by atoms with Gasteiger partial charge in [0.25, 0.3) is 0 Å². The zero-order valence-corrected chi connectivity index (χ0v) is 15.3. The van der Waals surface area contributed by atoms with Crippen LogP contribution in [0.4, 0.5) is 0 Å². The lowest BCUT2D eigenvalue weighted by Crippen LogP contribution is -2.12. The summed E-state index contributed by atoms with van der Waals surface area (Å²) in [6.45, 7) is -0.525. The van der Waals surface area contributed by atoms with Crippen molar-refractivity contribution < 1.29 is 23.8 Å². The molecule has 0 saturated heterocycles. The van der Waals surface area contributed by atoms with E-state index in [4.69, 9.17) is 14.3 Å². The summed E-state index contributed by atoms with van der Waals surface area (Å²) >= 11 is 6.78. The number of aliphatic carboxylic acids is 1. The van der Waals surface area contributed by atoms with Gasteiger partial charge in [0.15, 0.2) is 12.4 Å². The minimum absolute atomic E-state index is 0.148. The number of fused-ring (bicyclic) bond motifs is 1. The monoisotopic (exact) mass is 452 g/mol. The summed E-state index contributed by atoms with van der Waals surface area (Å²) in [5.41, 5.74) is 0.804. The van der Waals surface area contributed by atoms with Crippen LogP contribution in [0, 0.1) is 0 Å². The SMILES string of the molecule is O=C(O)COc1ccccc1C(=O)c1cc2cc(Br)cc(Br)c2o1. The highest BCUT2D eigenvalue weighted by Gasteiger charge is 2.20. The highest BCUT2D eigenvalue weighted by atomic mass is 79.9. The molecule has 122 valence electrons. The summed E-state index contributed by atoms with van der Waals surface area (Å²) < 4.78 is 12.4. The van der Waals surface area contributed by atoms with Gasteiger partial charge in [-0.05, 0) is 46.3 Å². The van der Waals surface area contributed by atoms with Gasteiger partial charge in [-0.15, -0.1) is 0 Å². The second-order valence-corrected chi connectivity index (χ2v) is 6.69. The molecule has 0 amide bonds. The first kappa shape index (κ1) is 16.7. The third-order valence-corrected chi connectivity index (χ3v) is 4.29. The van der Waals surface area contributed by atoms with Crippen LogP contribution >= 0.6 is 31.9 Å². The van der Waals surface area contributed by atoms with Gasteiger partial charge >= 0.3 is 5.97 Å². The molecule has 0 bridgehead atoms. The summed E-state index contributed by atoms with van der Waals surface area (Å²) in [5, 5.41) is 9.50. The zero-order valence-electron chi connectivity index (χ0n) is 12.1. The topological polar surface area (TPSA) is 76.7 Å². The number of carboxylic acids is 1. The molecule has 0 fully saturated rings. The van der Waals surface area contributed by atoms with Crippen LogP contribution in [-0.2, 0) is 4.79 Å². The van der Waals surface area contributed by atoms with Crippen molar-refractivity contribution in [3.8, 4) is 5.75 Å². The number of carbonyl (C=O) groups is 2. The normalized spacial score (nSPS) is 10.8. The molecule has 3 aromatic rings. The van der Waals surface area contributed by atoms with Crippen LogP contribution in [0.25, 0.3) is 11.0 Å². The number of carboxylic acid groups (broad SMARTS) is 1. The van der Waals surface area contributed by atoms with E-state index in [-0.39, 0.29) is 22.9 Å². The molecule has 1 N–H and O–H groups in total. The Labute approximate surface area is 153 Å². The number of benzene rings is 2. The predicted molar refractivity (Wildman–Crippen MR) is 94.6 cm³/mol. The summed E-state index contributed by atoms with van der Waals surface area (Å²) in [5.74, 6) is -1.15. The second kappa shape index (κ2) is 6.78. The molecule has 1 aromatic heterocycles. The van der Waals surface area contributed by atoms with E-state index in [1.54, 1.807) is 30.3 Å². The Hall–Kier alpha value is -2.12. The number of ether oxygens (including phenoxy) is 1. The lowest BCUT2D eigenvalue weighted by Gasteiger charge is -2.07. The molecule has 0 spiro atoms. The van der Waals surface area contributed by atoms with Gasteiger partial charge in [0.2, 0.25) is 5.78 Å². The van der Waals surface area contributed by atoms with Gasteiger partial charge in [-0.3, -0.25) is 4.79 Å². The third kappa shape index (κ3) is 3.37. The third-order valence-electron chi connectivity index (χ3n) is 3.24. The largest absolute Gasteiger partial charge is 0.481 e. The van der Waals surface area contributed by atoms with Crippen molar-refractivity contribution in [1.29, 1.82) is 0 Å². The Morgan fingerprint density at radius 2 is 1.88 bits per heavy atom. The molecule has 7 heteroatoms. The maximum absolute atomic E-state index is 12.7. The molecule has 2 aromatic carbocycles. The number of rotatable bonds is 5. The Morgan fingerprint density at radius 3 is 2.62 bits per heavy atom. The minimum Gasteiger partial charge on any atom is -0.481 e. The van der Waals surface area contributed by atoms with Crippen molar-refractivity contribution in [2.24, 2.45) is 0 Å². The van der Waals surface area contributed by atoms with Crippen molar-refractivity contribution >= 4 is 54.6 Å². The van der Waals surface area contributed by atoms with E-state index in [1.165, 1.54) is 0 Å². The number of para-hydroxylation sites is 1. The van der Waals surface area contributed by atoms with Gasteiger partial charge in [0, 0.05) is 9.86 Å². The second-order valence-electron chi connectivity index (χ2n) is 4.92. The molecule has 0 unspecified atom stereocenters. The lowest BCUT2D eigenvalue weighted by atomic mass is 10.1. The quantitative estimate of drug-likeness (QED) is 0.569. The number of hydrogen-bond donors (Lipinski definition) is 1. The fraction of sp³-hybridized carbons (Fsp3) is 0.0588. The van der Waals surface area contributed by atoms with Crippen molar-refractivity contribution in [1.82, 2.24) is 0 Å². The van der Waals surface area contributed by atoms with E-state index in [0.717, 1.165) is 14.3 Å². The summed E-state index contributed by atoms with van der Waals surface area (Å²) in [6.07, 6.45) is 0. The molecule has 0 aliphatic carbocycles. The standard InChI is InChI=1S/C17H10Br2O5/c18-10-5-9-6-14(24-17(9)12(19)7-10)16(22)11-3-1-2-4-13(11)23-8-15(20)21/h1-7H,8H2,(H,20,21). The number of halogens is 2. The molecule has 24 heavy (non-hydrogen) atoms. The maximum atomic E-state index is 12.7. The molecule has 0 radical (unpaired) electrons. The van der Waals surface area contributed by atoms with E-state index in [9.17, 15) is 9.59 Å². The van der Waals surface area contributed by atoms with E-state index in [0.29, 0.717) is 5.58 Å². The molecule has 0 aliphatic heterocycles. The van der Waals surface area contributed by atoms with Gasteiger partial charge in [-0.2, -0.15) is 0 Å².